The third kappa shape index (κ3) is 2.74. The van der Waals surface area contributed by atoms with Crippen molar-refractivity contribution in [3.8, 4) is 6.07 Å². The maximum absolute atomic E-state index is 9.20. The summed E-state index contributed by atoms with van der Waals surface area (Å²) in [5.74, 6) is 0. The van der Waals surface area contributed by atoms with Crippen LogP contribution in [0.5, 0.6) is 0 Å². The van der Waals surface area contributed by atoms with E-state index in [0.29, 0.717) is 5.56 Å². The number of anilines is 1. The van der Waals surface area contributed by atoms with E-state index in [1.165, 1.54) is 4.88 Å². The number of thiophene rings is 1. The van der Waals surface area contributed by atoms with Gasteiger partial charge in [0.05, 0.1) is 17.3 Å². The zero-order valence-corrected chi connectivity index (χ0v) is 12.4. The van der Waals surface area contributed by atoms with Gasteiger partial charge in [0.2, 0.25) is 0 Å². The molecule has 1 aromatic carbocycles. The van der Waals surface area contributed by atoms with Crippen LogP contribution in [0.25, 0.3) is 0 Å². The molecule has 0 saturated heterocycles. The normalized spacial score (nSPS) is 11.8. The van der Waals surface area contributed by atoms with Crippen LogP contribution >= 0.6 is 27.3 Å². The highest BCUT2D eigenvalue weighted by Gasteiger charge is 2.13. The Bertz CT molecular complexity index is 558. The van der Waals surface area contributed by atoms with Crippen LogP contribution in [0.15, 0.2) is 40.2 Å². The average Bonchev–Trinajstić information content (AvgIpc) is 2.89. The third-order valence-electron chi connectivity index (χ3n) is 2.75. The number of hydrogen-bond acceptors (Lipinski definition) is 3. The Kier molecular flexibility index (Phi) is 4.40. The summed E-state index contributed by atoms with van der Waals surface area (Å²) in [6.45, 7) is 2.14. The van der Waals surface area contributed by atoms with Crippen LogP contribution in [0.3, 0.4) is 0 Å². The average molecular weight is 321 g/mol. The van der Waals surface area contributed by atoms with Crippen molar-refractivity contribution in [3.05, 3.63) is 50.6 Å². The molecular formula is C14H13BrN2S. The first-order valence-electron chi connectivity index (χ1n) is 5.74. The number of nitriles is 1. The van der Waals surface area contributed by atoms with Gasteiger partial charge in [-0.05, 0) is 45.9 Å². The van der Waals surface area contributed by atoms with Gasteiger partial charge in [0.25, 0.3) is 0 Å². The summed E-state index contributed by atoms with van der Waals surface area (Å²) >= 11 is 5.14. The molecule has 1 heterocycles. The number of halogens is 1. The maximum Gasteiger partial charge on any atom is 0.103 e. The summed E-state index contributed by atoms with van der Waals surface area (Å²) in [6, 6.07) is 12.4. The highest BCUT2D eigenvalue weighted by Crippen LogP contribution is 2.30. The molecule has 0 amide bonds. The van der Waals surface area contributed by atoms with Crippen LogP contribution in [-0.2, 0) is 0 Å². The topological polar surface area (TPSA) is 35.8 Å². The minimum Gasteiger partial charge on any atom is -0.376 e. The van der Waals surface area contributed by atoms with E-state index in [-0.39, 0.29) is 6.04 Å². The van der Waals surface area contributed by atoms with E-state index in [9.17, 15) is 5.26 Å². The van der Waals surface area contributed by atoms with Gasteiger partial charge >= 0.3 is 0 Å². The lowest BCUT2D eigenvalue weighted by atomic mass is 10.1. The minimum absolute atomic E-state index is 0.256. The number of nitrogens with one attached hydrogen (secondary N) is 1. The Hall–Kier alpha value is -1.31. The molecule has 18 heavy (non-hydrogen) atoms. The summed E-state index contributed by atoms with van der Waals surface area (Å²) in [7, 11) is 0. The minimum atomic E-state index is 0.256. The lowest BCUT2D eigenvalue weighted by Crippen LogP contribution is -2.09. The Morgan fingerprint density at radius 2 is 2.22 bits per heavy atom. The number of benzene rings is 1. The van der Waals surface area contributed by atoms with Crippen molar-refractivity contribution < 1.29 is 0 Å². The Balaban J connectivity index is 2.29. The van der Waals surface area contributed by atoms with Gasteiger partial charge in [0.15, 0.2) is 0 Å². The predicted molar refractivity (Wildman–Crippen MR) is 79.8 cm³/mol. The van der Waals surface area contributed by atoms with E-state index in [1.807, 2.05) is 18.2 Å². The molecule has 1 atom stereocenters. The maximum atomic E-state index is 9.20. The Labute approximate surface area is 119 Å². The van der Waals surface area contributed by atoms with Gasteiger partial charge in [-0.25, -0.2) is 0 Å². The highest BCUT2D eigenvalue weighted by molar-refractivity contribution is 9.10. The van der Waals surface area contributed by atoms with E-state index in [2.05, 4.69) is 51.8 Å². The van der Waals surface area contributed by atoms with Gasteiger partial charge in [-0.1, -0.05) is 19.1 Å². The molecule has 0 fully saturated rings. The van der Waals surface area contributed by atoms with Crippen molar-refractivity contribution in [3.63, 3.8) is 0 Å². The van der Waals surface area contributed by atoms with Crippen molar-refractivity contribution >= 4 is 33.0 Å². The van der Waals surface area contributed by atoms with Crippen LogP contribution in [0.1, 0.15) is 29.8 Å². The molecule has 2 aromatic rings. The fraction of sp³-hybridized carbons (Fsp3) is 0.214. The SMILES string of the molecule is CCC(Nc1cccc(Br)c1C#N)c1cccs1. The van der Waals surface area contributed by atoms with Crippen LogP contribution in [-0.4, -0.2) is 0 Å². The zero-order valence-electron chi connectivity index (χ0n) is 9.98. The van der Waals surface area contributed by atoms with Gasteiger partial charge in [0, 0.05) is 9.35 Å². The number of hydrogen-bond donors (Lipinski definition) is 1. The molecule has 1 unspecified atom stereocenters. The lowest BCUT2D eigenvalue weighted by Gasteiger charge is -2.18. The second-order valence-corrected chi connectivity index (χ2v) is 5.73. The molecule has 0 aliphatic carbocycles. The second-order valence-electron chi connectivity index (χ2n) is 3.89. The third-order valence-corrected chi connectivity index (χ3v) is 4.40. The lowest BCUT2D eigenvalue weighted by molar-refractivity contribution is 0.763. The Morgan fingerprint density at radius 1 is 1.39 bits per heavy atom. The summed E-state index contributed by atoms with van der Waals surface area (Å²) in [6.07, 6.45) is 0.984. The van der Waals surface area contributed by atoms with Gasteiger partial charge in [-0.15, -0.1) is 11.3 Å². The zero-order chi connectivity index (χ0) is 13.0. The standard InChI is InChI=1S/C14H13BrN2S/c1-2-12(14-7-4-8-18-14)17-13-6-3-5-11(15)10(13)9-16/h3-8,12,17H,2H2,1H3. The monoisotopic (exact) mass is 320 g/mol. The summed E-state index contributed by atoms with van der Waals surface area (Å²) in [5, 5.41) is 14.7. The van der Waals surface area contributed by atoms with Crippen LogP contribution in [0.2, 0.25) is 0 Å². The first kappa shape index (κ1) is 13.1. The molecule has 0 aliphatic heterocycles. The van der Waals surface area contributed by atoms with Crippen LogP contribution < -0.4 is 5.32 Å². The van der Waals surface area contributed by atoms with Crippen molar-refractivity contribution in [1.29, 1.82) is 5.26 Å². The van der Waals surface area contributed by atoms with Gasteiger partial charge in [0.1, 0.15) is 6.07 Å². The molecule has 1 aromatic heterocycles. The summed E-state index contributed by atoms with van der Waals surface area (Å²) in [4.78, 5) is 1.29. The molecule has 92 valence electrons. The molecule has 0 radical (unpaired) electrons. The molecule has 0 saturated carbocycles. The molecule has 0 bridgehead atoms. The molecule has 2 nitrogen and oxygen atoms in total. The molecule has 1 N–H and O–H groups in total. The Morgan fingerprint density at radius 3 is 2.83 bits per heavy atom. The van der Waals surface area contributed by atoms with Crippen molar-refractivity contribution in [2.24, 2.45) is 0 Å². The number of rotatable bonds is 4. The van der Waals surface area contributed by atoms with E-state index < -0.39 is 0 Å². The quantitative estimate of drug-likeness (QED) is 0.865. The molecule has 4 heteroatoms. The van der Waals surface area contributed by atoms with Gasteiger partial charge < -0.3 is 5.32 Å². The fourth-order valence-electron chi connectivity index (χ4n) is 1.81. The highest BCUT2D eigenvalue weighted by atomic mass is 79.9. The van der Waals surface area contributed by atoms with E-state index in [4.69, 9.17) is 0 Å². The number of nitrogens with zero attached hydrogens (tertiary/aromatic N) is 1. The molecular weight excluding hydrogens is 308 g/mol. The summed E-state index contributed by atoms with van der Waals surface area (Å²) in [5.41, 5.74) is 1.54. The summed E-state index contributed by atoms with van der Waals surface area (Å²) < 4.78 is 0.830. The van der Waals surface area contributed by atoms with Crippen LogP contribution in [0.4, 0.5) is 5.69 Å². The van der Waals surface area contributed by atoms with E-state index >= 15 is 0 Å². The van der Waals surface area contributed by atoms with Crippen LogP contribution in [0, 0.1) is 11.3 Å². The fourth-order valence-corrected chi connectivity index (χ4v) is 3.13. The van der Waals surface area contributed by atoms with Crippen molar-refractivity contribution in [2.75, 3.05) is 5.32 Å². The largest absolute Gasteiger partial charge is 0.376 e. The molecule has 2 rings (SSSR count). The van der Waals surface area contributed by atoms with Crippen molar-refractivity contribution in [1.82, 2.24) is 0 Å². The second kappa shape index (κ2) is 6.03. The molecule has 0 spiro atoms. The predicted octanol–water partition coefficient (Wildman–Crippen LogP) is 4.95. The molecule has 0 aliphatic rings. The first-order valence-corrected chi connectivity index (χ1v) is 7.42. The van der Waals surface area contributed by atoms with Crippen molar-refractivity contribution in [2.45, 2.75) is 19.4 Å². The van der Waals surface area contributed by atoms with Gasteiger partial charge in [-0.3, -0.25) is 0 Å². The van der Waals surface area contributed by atoms with E-state index in [0.717, 1.165) is 16.6 Å². The first-order chi connectivity index (χ1) is 8.76. The van der Waals surface area contributed by atoms with E-state index in [1.54, 1.807) is 11.3 Å². The smallest absolute Gasteiger partial charge is 0.103 e. The van der Waals surface area contributed by atoms with Gasteiger partial charge in [-0.2, -0.15) is 5.26 Å².